The van der Waals surface area contributed by atoms with Crippen LogP contribution in [0.1, 0.15) is 33.6 Å². The highest BCUT2D eigenvalue weighted by molar-refractivity contribution is 14.1. The van der Waals surface area contributed by atoms with E-state index in [1.807, 2.05) is 6.92 Å². The van der Waals surface area contributed by atoms with Gasteiger partial charge in [-0.15, -0.1) is 11.8 Å². The van der Waals surface area contributed by atoms with Gasteiger partial charge in [-0.05, 0) is 25.2 Å². The Morgan fingerprint density at radius 3 is 2.54 bits per heavy atom. The molecule has 0 aliphatic heterocycles. The van der Waals surface area contributed by atoms with Gasteiger partial charge in [-0.1, -0.05) is 48.6 Å². The van der Waals surface area contributed by atoms with Crippen LogP contribution in [0.2, 0.25) is 0 Å². The van der Waals surface area contributed by atoms with E-state index < -0.39 is 0 Å². The van der Waals surface area contributed by atoms with Gasteiger partial charge in [-0.3, -0.25) is 0 Å². The summed E-state index contributed by atoms with van der Waals surface area (Å²) in [5, 5.41) is 0. The van der Waals surface area contributed by atoms with Crippen molar-refractivity contribution < 1.29 is 0 Å². The molecule has 0 bridgehead atoms. The van der Waals surface area contributed by atoms with Crippen molar-refractivity contribution in [3.63, 3.8) is 0 Å². The Morgan fingerprint density at radius 1 is 1.38 bits per heavy atom. The lowest BCUT2D eigenvalue weighted by molar-refractivity contribution is 0.657. The van der Waals surface area contributed by atoms with Crippen molar-refractivity contribution in [2.45, 2.75) is 33.6 Å². The Morgan fingerprint density at radius 2 is 2.08 bits per heavy atom. The molecule has 74 valence electrons. The van der Waals surface area contributed by atoms with E-state index >= 15 is 0 Å². The quantitative estimate of drug-likeness (QED) is 0.310. The van der Waals surface area contributed by atoms with Gasteiger partial charge >= 0.3 is 0 Å². The van der Waals surface area contributed by atoms with Gasteiger partial charge in [0, 0.05) is 10.8 Å². The summed E-state index contributed by atoms with van der Waals surface area (Å²) in [6.07, 6.45) is 6.81. The highest BCUT2D eigenvalue weighted by Crippen LogP contribution is 2.10. The van der Waals surface area contributed by atoms with Crippen molar-refractivity contribution >= 4 is 22.6 Å². The van der Waals surface area contributed by atoms with Crippen molar-refractivity contribution in [2.24, 2.45) is 11.8 Å². The van der Waals surface area contributed by atoms with E-state index in [0.717, 1.165) is 12.3 Å². The molecule has 0 aromatic heterocycles. The molecule has 0 aliphatic carbocycles. The topological polar surface area (TPSA) is 0 Å². The molecule has 0 radical (unpaired) electrons. The Hall–Kier alpha value is 0.0300. The van der Waals surface area contributed by atoms with Gasteiger partial charge in [0.05, 0.1) is 0 Å². The summed E-state index contributed by atoms with van der Waals surface area (Å²) in [4.78, 5) is 0. The molecule has 0 spiro atoms. The fraction of sp³-hybridized carbons (Fsp3) is 0.667. The molecule has 0 fully saturated rings. The van der Waals surface area contributed by atoms with Crippen LogP contribution >= 0.6 is 22.6 Å². The van der Waals surface area contributed by atoms with Crippen LogP contribution in [0.3, 0.4) is 0 Å². The van der Waals surface area contributed by atoms with E-state index in [1.54, 1.807) is 0 Å². The van der Waals surface area contributed by atoms with Crippen molar-refractivity contribution in [1.82, 2.24) is 0 Å². The Bertz CT molecular complexity index is 193. The van der Waals surface area contributed by atoms with Crippen LogP contribution in [0.15, 0.2) is 12.2 Å². The van der Waals surface area contributed by atoms with Crippen LogP contribution < -0.4 is 0 Å². The highest BCUT2D eigenvalue weighted by Gasteiger charge is 1.99. The third-order valence-electron chi connectivity index (χ3n) is 1.75. The zero-order chi connectivity index (χ0) is 10.1. The molecule has 0 N–H and O–H groups in total. The van der Waals surface area contributed by atoms with Crippen LogP contribution in [-0.4, -0.2) is 4.43 Å². The van der Waals surface area contributed by atoms with Gasteiger partial charge in [0.2, 0.25) is 0 Å². The minimum atomic E-state index is 0.645. The van der Waals surface area contributed by atoms with E-state index in [-0.39, 0.29) is 0 Å². The summed E-state index contributed by atoms with van der Waals surface area (Å²) < 4.78 is 1.17. The molecule has 0 unspecified atom stereocenters. The monoisotopic (exact) mass is 290 g/mol. The molecule has 13 heavy (non-hydrogen) atoms. The third-order valence-corrected chi connectivity index (χ3v) is 2.89. The van der Waals surface area contributed by atoms with Gasteiger partial charge in [0.15, 0.2) is 0 Å². The van der Waals surface area contributed by atoms with Gasteiger partial charge in [-0.25, -0.2) is 0 Å². The molecule has 0 aromatic carbocycles. The summed E-state index contributed by atoms with van der Waals surface area (Å²) in [6.45, 7) is 6.40. The summed E-state index contributed by atoms with van der Waals surface area (Å²) in [5.41, 5.74) is 0. The zero-order valence-electron chi connectivity index (χ0n) is 8.81. The van der Waals surface area contributed by atoms with E-state index in [1.165, 1.54) is 10.8 Å². The van der Waals surface area contributed by atoms with Crippen LogP contribution in [0.25, 0.3) is 0 Å². The van der Waals surface area contributed by atoms with E-state index in [2.05, 4.69) is 60.4 Å². The fourth-order valence-electron chi connectivity index (χ4n) is 0.950. The molecule has 0 saturated carbocycles. The van der Waals surface area contributed by atoms with Crippen LogP contribution in [0.4, 0.5) is 0 Å². The highest BCUT2D eigenvalue weighted by atomic mass is 127. The molecule has 0 nitrogen and oxygen atoms in total. The molecule has 0 rings (SSSR count). The Balaban J connectivity index is 3.80. The number of rotatable bonds is 5. The van der Waals surface area contributed by atoms with Crippen molar-refractivity contribution in [1.29, 1.82) is 0 Å². The molecule has 0 amide bonds. The van der Waals surface area contributed by atoms with E-state index in [0.29, 0.717) is 5.92 Å². The number of allylic oxidation sites excluding steroid dienone is 2. The summed E-state index contributed by atoms with van der Waals surface area (Å²) in [5.74, 6) is 7.49. The molecule has 1 heteroatoms. The molecule has 0 heterocycles. The first-order valence-corrected chi connectivity index (χ1v) is 6.35. The van der Waals surface area contributed by atoms with Crippen molar-refractivity contribution in [2.75, 3.05) is 4.43 Å². The second kappa shape index (κ2) is 8.62. The molecule has 0 aliphatic rings. The largest absolute Gasteiger partial charge is 0.107 e. The lowest BCUT2D eigenvalue weighted by atomic mass is 10.1. The summed E-state index contributed by atoms with van der Waals surface area (Å²) in [6, 6.07) is 0. The minimum absolute atomic E-state index is 0.645. The second-order valence-electron chi connectivity index (χ2n) is 3.60. The molecule has 1 atom stereocenters. The smallest absolute Gasteiger partial charge is 0.0159 e. The van der Waals surface area contributed by atoms with Crippen LogP contribution in [0, 0.1) is 23.7 Å². The maximum atomic E-state index is 3.13. The van der Waals surface area contributed by atoms with E-state index in [9.17, 15) is 0 Å². The summed E-state index contributed by atoms with van der Waals surface area (Å²) in [7, 11) is 0. The van der Waals surface area contributed by atoms with Crippen molar-refractivity contribution in [3.05, 3.63) is 12.2 Å². The maximum Gasteiger partial charge on any atom is 0.0159 e. The predicted molar refractivity (Wildman–Crippen MR) is 69.0 cm³/mol. The first-order chi connectivity index (χ1) is 6.20. The van der Waals surface area contributed by atoms with Crippen LogP contribution in [-0.2, 0) is 0 Å². The summed E-state index contributed by atoms with van der Waals surface area (Å²) >= 11 is 2.43. The normalized spacial score (nSPS) is 13.0. The lowest BCUT2D eigenvalue weighted by Crippen LogP contribution is -1.96. The third kappa shape index (κ3) is 8.36. The first kappa shape index (κ1) is 13.0. The van der Waals surface area contributed by atoms with Gasteiger partial charge in [-0.2, -0.15) is 0 Å². The SMILES string of the molecule is CC#CC[C@@H](/C=C/CC(C)C)CI. The lowest BCUT2D eigenvalue weighted by Gasteiger charge is -2.04. The average Bonchev–Trinajstić information content (AvgIpc) is 2.10. The zero-order valence-corrected chi connectivity index (χ0v) is 11.0. The second-order valence-corrected chi connectivity index (χ2v) is 4.48. The average molecular weight is 290 g/mol. The maximum absolute atomic E-state index is 3.13. The number of hydrogen-bond donors (Lipinski definition) is 0. The Labute approximate surface area is 96.3 Å². The molecular formula is C12H19I. The van der Waals surface area contributed by atoms with Gasteiger partial charge in [0.1, 0.15) is 0 Å². The predicted octanol–water partition coefficient (Wildman–Crippen LogP) is 4.05. The van der Waals surface area contributed by atoms with Crippen molar-refractivity contribution in [3.8, 4) is 11.8 Å². The Kier molecular flexibility index (Phi) is 8.64. The first-order valence-electron chi connectivity index (χ1n) is 4.83. The standard InChI is InChI=1S/C12H19I/c1-4-5-8-12(10-13)9-6-7-11(2)3/h6,9,11-12H,7-8,10H2,1-3H3/b9-6+/t12-/m0/s1. The number of halogens is 1. The molecule has 0 saturated heterocycles. The van der Waals surface area contributed by atoms with Gasteiger partial charge < -0.3 is 0 Å². The van der Waals surface area contributed by atoms with E-state index in [4.69, 9.17) is 0 Å². The molecular weight excluding hydrogens is 271 g/mol. The molecule has 0 aromatic rings. The number of alkyl halides is 1. The minimum Gasteiger partial charge on any atom is -0.107 e. The van der Waals surface area contributed by atoms with Crippen LogP contribution in [0.5, 0.6) is 0 Å². The van der Waals surface area contributed by atoms with Gasteiger partial charge in [0.25, 0.3) is 0 Å². The number of hydrogen-bond acceptors (Lipinski definition) is 0. The fourth-order valence-corrected chi connectivity index (χ4v) is 1.56.